The number of carboxylic acids is 1. The van der Waals surface area contributed by atoms with Crippen molar-refractivity contribution in [2.75, 3.05) is 6.54 Å². The van der Waals surface area contributed by atoms with Crippen molar-refractivity contribution < 1.29 is 32.7 Å². The van der Waals surface area contributed by atoms with Crippen LogP contribution in [0.3, 0.4) is 0 Å². The lowest BCUT2D eigenvalue weighted by Gasteiger charge is -2.31. The Morgan fingerprint density at radius 2 is 1.79 bits per heavy atom. The highest BCUT2D eigenvalue weighted by Crippen LogP contribution is 2.56. The molecule has 2 saturated carbocycles. The second kappa shape index (κ2) is 5.10. The van der Waals surface area contributed by atoms with Gasteiger partial charge in [-0.3, -0.25) is 9.59 Å². The molecule has 0 aromatic rings. The van der Waals surface area contributed by atoms with E-state index in [1.165, 1.54) is 0 Å². The van der Waals surface area contributed by atoms with Crippen molar-refractivity contribution in [3.63, 3.8) is 0 Å². The Morgan fingerprint density at radius 3 is 2.21 bits per heavy atom. The number of aliphatic carboxylic acids is 1. The Bertz CT molecular complexity index is 596. The number of nitrogens with zero attached hydrogens (tertiary/aromatic N) is 1. The minimum Gasteiger partial charge on any atom is -0.480 e. The molecule has 2 atom stereocenters. The zero-order chi connectivity index (χ0) is 17.9. The fourth-order valence-electron chi connectivity index (χ4n) is 3.45. The second-order valence-corrected chi connectivity index (χ2v) is 7.58. The third kappa shape index (κ3) is 2.95. The monoisotopic (exact) mass is 348 g/mol. The summed E-state index contributed by atoms with van der Waals surface area (Å²) in [6.07, 6.45) is -2.10. The fourth-order valence-corrected chi connectivity index (χ4v) is 3.45. The van der Waals surface area contributed by atoms with Gasteiger partial charge in [0.25, 0.3) is 0 Å². The van der Waals surface area contributed by atoms with Crippen LogP contribution in [0.25, 0.3) is 0 Å². The van der Waals surface area contributed by atoms with Crippen molar-refractivity contribution >= 4 is 17.8 Å². The minimum atomic E-state index is -5.08. The molecule has 24 heavy (non-hydrogen) atoms. The summed E-state index contributed by atoms with van der Waals surface area (Å²) in [5.74, 6) is -4.04. The van der Waals surface area contributed by atoms with Crippen LogP contribution in [0.5, 0.6) is 0 Å². The van der Waals surface area contributed by atoms with Gasteiger partial charge in [0.1, 0.15) is 12.1 Å². The Morgan fingerprint density at radius 1 is 1.21 bits per heavy atom. The Balaban J connectivity index is 1.81. The molecule has 134 valence electrons. The van der Waals surface area contributed by atoms with E-state index in [2.05, 4.69) is 0 Å². The van der Waals surface area contributed by atoms with Gasteiger partial charge in [-0.1, -0.05) is 6.92 Å². The summed E-state index contributed by atoms with van der Waals surface area (Å²) < 4.78 is 37.7. The van der Waals surface area contributed by atoms with Crippen LogP contribution in [0.2, 0.25) is 0 Å². The van der Waals surface area contributed by atoms with E-state index in [4.69, 9.17) is 0 Å². The van der Waals surface area contributed by atoms with Gasteiger partial charge in [-0.25, -0.2) is 4.79 Å². The molecule has 3 rings (SSSR count). The van der Waals surface area contributed by atoms with E-state index in [9.17, 15) is 32.7 Å². The van der Waals surface area contributed by atoms with Crippen molar-refractivity contribution in [3.05, 3.63) is 0 Å². The highest BCUT2D eigenvalue weighted by Gasteiger charge is 2.59. The molecule has 0 radical (unpaired) electrons. The summed E-state index contributed by atoms with van der Waals surface area (Å²) in [6, 6.07) is -2.38. The zero-order valence-electron chi connectivity index (χ0n) is 13.2. The molecule has 1 heterocycles. The van der Waals surface area contributed by atoms with Gasteiger partial charge in [0.2, 0.25) is 5.91 Å². The van der Waals surface area contributed by atoms with Gasteiger partial charge < -0.3 is 15.3 Å². The van der Waals surface area contributed by atoms with Crippen LogP contribution in [0.15, 0.2) is 0 Å². The average Bonchev–Trinajstić information content (AvgIpc) is 3.34. The molecule has 2 aliphatic carbocycles. The minimum absolute atomic E-state index is 0.207. The maximum atomic E-state index is 12.8. The number of rotatable bonds is 4. The lowest BCUT2D eigenvalue weighted by atomic mass is 9.97. The second-order valence-electron chi connectivity index (χ2n) is 7.58. The summed E-state index contributed by atoms with van der Waals surface area (Å²) in [4.78, 5) is 36.7. The first-order valence-electron chi connectivity index (χ1n) is 7.89. The molecule has 0 aromatic carbocycles. The molecular weight excluding hydrogens is 329 g/mol. The molecule has 0 bridgehead atoms. The molecule has 1 spiro atoms. The number of nitrogens with one attached hydrogen (secondary N) is 1. The first kappa shape index (κ1) is 17.0. The molecule has 6 nitrogen and oxygen atoms in total. The third-order valence-corrected chi connectivity index (χ3v) is 5.55. The van der Waals surface area contributed by atoms with E-state index in [0.29, 0.717) is 19.3 Å². The number of carboxylic acid groups (broad SMARTS) is 1. The fraction of sp³-hybridized carbons (Fsp3) is 0.800. The molecule has 3 aliphatic rings. The molecule has 1 unspecified atom stereocenters. The van der Waals surface area contributed by atoms with Gasteiger partial charge in [-0.2, -0.15) is 13.2 Å². The van der Waals surface area contributed by atoms with Crippen molar-refractivity contribution in [2.24, 2.45) is 10.8 Å². The molecule has 2 N–H and O–H groups in total. The topological polar surface area (TPSA) is 86.7 Å². The largest absolute Gasteiger partial charge is 0.480 e. The maximum absolute atomic E-state index is 12.8. The first-order chi connectivity index (χ1) is 11.0. The molecule has 9 heteroatoms. The molecular formula is C15H19F3N2O4. The summed E-state index contributed by atoms with van der Waals surface area (Å²) in [7, 11) is 0. The van der Waals surface area contributed by atoms with E-state index >= 15 is 0 Å². The van der Waals surface area contributed by atoms with E-state index in [1.54, 1.807) is 12.2 Å². The highest BCUT2D eigenvalue weighted by atomic mass is 19.4. The van der Waals surface area contributed by atoms with E-state index in [-0.39, 0.29) is 12.0 Å². The quantitative estimate of drug-likeness (QED) is 0.802. The standard InChI is InChI=1S/C15H19F3N2O4/c1-13(2-3-13)9(19-12(24)15(16,17)18)10(21)20-7-14(4-5-14)6-8(20)11(22)23/h8-9H,2-7H2,1H3,(H,19,24)(H,22,23)/t8-,9?/m0/s1. The summed E-state index contributed by atoms with van der Waals surface area (Å²) >= 11 is 0. The van der Waals surface area contributed by atoms with Crippen molar-refractivity contribution in [3.8, 4) is 0 Å². The van der Waals surface area contributed by atoms with Crippen LogP contribution in [0.1, 0.15) is 39.0 Å². The number of hydrogen-bond donors (Lipinski definition) is 2. The normalized spacial score (nSPS) is 27.7. The molecule has 1 saturated heterocycles. The molecule has 0 aromatic heterocycles. The average molecular weight is 348 g/mol. The van der Waals surface area contributed by atoms with E-state index in [0.717, 1.165) is 17.7 Å². The Hall–Kier alpha value is -1.80. The highest BCUT2D eigenvalue weighted by molar-refractivity contribution is 5.93. The van der Waals surface area contributed by atoms with E-state index < -0.39 is 41.5 Å². The number of carbonyl (C=O) groups is 3. The SMILES string of the molecule is CC1(C(NC(=O)C(F)(F)F)C(=O)N2CC3(CC3)C[C@H]2C(=O)O)CC1. The van der Waals surface area contributed by atoms with Gasteiger partial charge in [0.05, 0.1) is 0 Å². The number of carbonyl (C=O) groups excluding carboxylic acids is 2. The summed E-state index contributed by atoms with van der Waals surface area (Å²) in [5, 5.41) is 11.1. The Labute approximate surface area is 136 Å². The lowest BCUT2D eigenvalue weighted by Crippen LogP contribution is -2.57. The van der Waals surface area contributed by atoms with Crippen LogP contribution in [0, 0.1) is 10.8 Å². The maximum Gasteiger partial charge on any atom is 0.471 e. The Kier molecular flexibility index (Phi) is 3.62. The zero-order valence-corrected chi connectivity index (χ0v) is 13.2. The van der Waals surface area contributed by atoms with Crippen LogP contribution < -0.4 is 5.32 Å². The van der Waals surface area contributed by atoms with Gasteiger partial charge in [-0.15, -0.1) is 0 Å². The van der Waals surface area contributed by atoms with Crippen LogP contribution in [-0.4, -0.2) is 52.6 Å². The first-order valence-corrected chi connectivity index (χ1v) is 7.89. The lowest BCUT2D eigenvalue weighted by molar-refractivity contribution is -0.176. The summed E-state index contributed by atoms with van der Waals surface area (Å²) in [6.45, 7) is 1.86. The van der Waals surface area contributed by atoms with Crippen molar-refractivity contribution in [1.82, 2.24) is 10.2 Å². The number of likely N-dealkylation sites (tertiary alicyclic amines) is 1. The van der Waals surface area contributed by atoms with Gasteiger partial charge in [0, 0.05) is 6.54 Å². The number of alkyl halides is 3. The predicted molar refractivity (Wildman–Crippen MR) is 74.7 cm³/mol. The molecule has 2 amide bonds. The smallest absolute Gasteiger partial charge is 0.471 e. The predicted octanol–water partition coefficient (Wildman–Crippen LogP) is 1.30. The molecule has 3 fully saturated rings. The van der Waals surface area contributed by atoms with Gasteiger partial charge >= 0.3 is 18.1 Å². The summed E-state index contributed by atoms with van der Waals surface area (Å²) in [5.41, 5.74) is -0.956. The van der Waals surface area contributed by atoms with Crippen LogP contribution in [0.4, 0.5) is 13.2 Å². The van der Waals surface area contributed by atoms with Crippen LogP contribution >= 0.6 is 0 Å². The van der Waals surface area contributed by atoms with Crippen LogP contribution in [-0.2, 0) is 14.4 Å². The number of halogens is 3. The van der Waals surface area contributed by atoms with Crippen molar-refractivity contribution in [1.29, 1.82) is 0 Å². The molecule has 1 aliphatic heterocycles. The van der Waals surface area contributed by atoms with Gasteiger partial charge in [-0.05, 0) is 42.9 Å². The third-order valence-electron chi connectivity index (χ3n) is 5.55. The number of hydrogen-bond acceptors (Lipinski definition) is 3. The van der Waals surface area contributed by atoms with Gasteiger partial charge in [0.15, 0.2) is 0 Å². The number of amides is 2. The van der Waals surface area contributed by atoms with Crippen molar-refractivity contribution in [2.45, 2.75) is 57.3 Å². The van der Waals surface area contributed by atoms with E-state index in [1.807, 2.05) is 0 Å².